The van der Waals surface area contributed by atoms with Gasteiger partial charge in [0.15, 0.2) is 6.33 Å². The zero-order chi connectivity index (χ0) is 7.94. The van der Waals surface area contributed by atoms with Crippen molar-refractivity contribution < 1.29 is 9.63 Å². The molecule has 7 heteroatoms. The molecule has 1 aromatic heterocycles. The van der Waals surface area contributed by atoms with Crippen molar-refractivity contribution in [1.29, 1.82) is 0 Å². The molecule has 1 aliphatic heterocycles. The minimum Gasteiger partial charge on any atom is -0.273 e. The maximum Gasteiger partial charge on any atom is 0.245 e. The smallest absolute Gasteiger partial charge is 0.245 e. The summed E-state index contributed by atoms with van der Waals surface area (Å²) in [4.78, 5) is 14.5. The Kier molecular flexibility index (Phi) is 3.00. The van der Waals surface area contributed by atoms with Gasteiger partial charge in [0, 0.05) is 0 Å². The van der Waals surface area contributed by atoms with E-state index in [0.717, 1.165) is 0 Å². The third-order valence-electron chi connectivity index (χ3n) is 0.887. The van der Waals surface area contributed by atoms with Crippen LogP contribution in [0.2, 0.25) is 0 Å². The zero-order valence-corrected chi connectivity index (χ0v) is 5.65. The fraction of sp³-hybridized carbons (Fsp3) is 0.500. The van der Waals surface area contributed by atoms with E-state index in [1.165, 1.54) is 6.33 Å². The molecule has 0 saturated carbocycles. The number of amides is 1. The highest BCUT2D eigenvalue weighted by molar-refractivity contribution is 5.76. The van der Waals surface area contributed by atoms with Crippen molar-refractivity contribution in [1.82, 2.24) is 26.1 Å². The van der Waals surface area contributed by atoms with Gasteiger partial charge in [-0.05, 0) is 0 Å². The summed E-state index contributed by atoms with van der Waals surface area (Å²) >= 11 is 0. The summed E-state index contributed by atoms with van der Waals surface area (Å²) in [5.41, 5.74) is 2.18. The van der Waals surface area contributed by atoms with E-state index in [1.807, 2.05) is 0 Å². The average Bonchev–Trinajstić information content (AvgIpc) is 2.57. The van der Waals surface area contributed by atoms with Crippen LogP contribution in [0.5, 0.6) is 0 Å². The molecule has 1 aromatic rings. The number of aromatic amines is 1. The Morgan fingerprint density at radius 1 is 1.64 bits per heavy atom. The number of tetrazole rings is 1. The minimum absolute atomic E-state index is 0.0185. The molecule has 0 spiro atoms. The molecule has 1 amide bonds. The molecule has 1 saturated heterocycles. The van der Waals surface area contributed by atoms with Crippen LogP contribution in [0.4, 0.5) is 0 Å². The Bertz CT molecular complexity index is 173. The zero-order valence-electron chi connectivity index (χ0n) is 5.65. The molecule has 60 valence electrons. The van der Waals surface area contributed by atoms with Gasteiger partial charge >= 0.3 is 0 Å². The van der Waals surface area contributed by atoms with Gasteiger partial charge in [0.1, 0.15) is 0 Å². The van der Waals surface area contributed by atoms with Crippen molar-refractivity contribution in [2.24, 2.45) is 0 Å². The number of aromatic nitrogens is 4. The first-order valence-corrected chi connectivity index (χ1v) is 2.96. The van der Waals surface area contributed by atoms with Gasteiger partial charge in [-0.15, -0.1) is 10.2 Å². The molecule has 0 aromatic carbocycles. The van der Waals surface area contributed by atoms with Gasteiger partial charge < -0.3 is 0 Å². The SMILES string of the molecule is O=C1CCON1.c1nn[nH]n1. The van der Waals surface area contributed by atoms with E-state index in [0.29, 0.717) is 13.0 Å². The highest BCUT2D eigenvalue weighted by Gasteiger charge is 2.06. The molecule has 1 aliphatic rings. The quantitative estimate of drug-likeness (QED) is 0.485. The molecule has 0 bridgehead atoms. The maximum atomic E-state index is 10.0. The summed E-state index contributed by atoms with van der Waals surface area (Å²) in [5, 5.41) is 12.2. The van der Waals surface area contributed by atoms with Crippen LogP contribution in [-0.4, -0.2) is 33.1 Å². The van der Waals surface area contributed by atoms with Crippen LogP contribution in [0.25, 0.3) is 0 Å². The molecule has 2 N–H and O–H groups in total. The third kappa shape index (κ3) is 3.26. The Labute approximate surface area is 62.1 Å². The molecular formula is C4H7N5O2. The largest absolute Gasteiger partial charge is 0.273 e. The number of carbonyl (C=O) groups is 1. The van der Waals surface area contributed by atoms with Gasteiger partial charge in [-0.1, -0.05) is 5.21 Å². The number of hydrogen-bond acceptors (Lipinski definition) is 5. The van der Waals surface area contributed by atoms with Crippen LogP contribution in [0.1, 0.15) is 6.42 Å². The molecular weight excluding hydrogens is 150 g/mol. The van der Waals surface area contributed by atoms with Crippen LogP contribution >= 0.6 is 0 Å². The van der Waals surface area contributed by atoms with Gasteiger partial charge in [-0.3, -0.25) is 9.63 Å². The van der Waals surface area contributed by atoms with Crippen molar-refractivity contribution in [3.05, 3.63) is 6.33 Å². The van der Waals surface area contributed by atoms with Gasteiger partial charge in [0.25, 0.3) is 0 Å². The van der Waals surface area contributed by atoms with Gasteiger partial charge in [-0.2, -0.15) is 5.21 Å². The van der Waals surface area contributed by atoms with Crippen LogP contribution in [0.15, 0.2) is 6.33 Å². The lowest BCUT2D eigenvalue weighted by molar-refractivity contribution is -0.124. The van der Waals surface area contributed by atoms with E-state index in [1.54, 1.807) is 0 Å². The second kappa shape index (κ2) is 4.34. The number of hydroxylamine groups is 1. The monoisotopic (exact) mass is 157 g/mol. The normalized spacial score (nSPS) is 15.1. The topological polar surface area (TPSA) is 92.8 Å². The van der Waals surface area contributed by atoms with Gasteiger partial charge in [0.05, 0.1) is 13.0 Å². The summed E-state index contributed by atoms with van der Waals surface area (Å²) in [6.45, 7) is 0.527. The molecule has 0 unspecified atom stereocenters. The van der Waals surface area contributed by atoms with Crippen LogP contribution in [-0.2, 0) is 9.63 Å². The lowest BCUT2D eigenvalue weighted by Crippen LogP contribution is -2.10. The molecule has 2 heterocycles. The first-order valence-electron chi connectivity index (χ1n) is 2.96. The Morgan fingerprint density at radius 3 is 2.73 bits per heavy atom. The van der Waals surface area contributed by atoms with Crippen LogP contribution in [0, 0.1) is 0 Å². The highest BCUT2D eigenvalue weighted by atomic mass is 16.7. The lowest BCUT2D eigenvalue weighted by Gasteiger charge is -1.81. The minimum atomic E-state index is -0.0185. The summed E-state index contributed by atoms with van der Waals surface area (Å²) in [5.74, 6) is -0.0185. The van der Waals surface area contributed by atoms with E-state index >= 15 is 0 Å². The molecule has 0 radical (unpaired) electrons. The van der Waals surface area contributed by atoms with Crippen molar-refractivity contribution in [2.45, 2.75) is 6.42 Å². The summed E-state index contributed by atoms with van der Waals surface area (Å²) in [7, 11) is 0. The Morgan fingerprint density at radius 2 is 2.55 bits per heavy atom. The van der Waals surface area contributed by atoms with Crippen molar-refractivity contribution in [2.75, 3.05) is 6.61 Å². The number of nitrogens with one attached hydrogen (secondary N) is 2. The molecule has 2 rings (SSSR count). The second-order valence-corrected chi connectivity index (χ2v) is 1.68. The Hall–Kier alpha value is -1.50. The standard InChI is InChI=1S/C3H5NO2.CH2N4/c5-3-1-2-6-4-3;1-2-4-5-3-1/h1-2H2,(H,4,5);1H,(H,2,3,4,5). The molecule has 7 nitrogen and oxygen atoms in total. The first kappa shape index (κ1) is 7.61. The predicted molar refractivity (Wildman–Crippen MR) is 32.9 cm³/mol. The number of rotatable bonds is 0. The molecule has 1 fully saturated rings. The van der Waals surface area contributed by atoms with Crippen molar-refractivity contribution in [3.63, 3.8) is 0 Å². The number of hydrogen-bond donors (Lipinski definition) is 2. The van der Waals surface area contributed by atoms with Crippen molar-refractivity contribution in [3.8, 4) is 0 Å². The van der Waals surface area contributed by atoms with E-state index in [9.17, 15) is 4.79 Å². The van der Waals surface area contributed by atoms with E-state index in [-0.39, 0.29) is 5.91 Å². The van der Waals surface area contributed by atoms with E-state index in [2.05, 4.69) is 30.9 Å². The highest BCUT2D eigenvalue weighted by Crippen LogP contribution is 1.87. The molecule has 0 atom stereocenters. The number of H-pyrrole nitrogens is 1. The Balaban J connectivity index is 0.000000112. The summed E-state index contributed by atoms with van der Waals surface area (Å²) < 4.78 is 0. The number of nitrogens with zero attached hydrogens (tertiary/aromatic N) is 3. The predicted octanol–water partition coefficient (Wildman–Crippen LogP) is -1.36. The lowest BCUT2D eigenvalue weighted by atomic mass is 10.5. The maximum absolute atomic E-state index is 10.0. The fourth-order valence-corrected chi connectivity index (χ4v) is 0.455. The number of carbonyl (C=O) groups excluding carboxylic acids is 1. The summed E-state index contributed by atoms with van der Waals surface area (Å²) in [6.07, 6.45) is 1.85. The van der Waals surface area contributed by atoms with Crippen LogP contribution < -0.4 is 5.48 Å². The van der Waals surface area contributed by atoms with Crippen LogP contribution in [0.3, 0.4) is 0 Å². The average molecular weight is 157 g/mol. The molecule has 11 heavy (non-hydrogen) atoms. The second-order valence-electron chi connectivity index (χ2n) is 1.68. The third-order valence-corrected chi connectivity index (χ3v) is 0.887. The van der Waals surface area contributed by atoms with Gasteiger partial charge in [-0.25, -0.2) is 5.48 Å². The first-order chi connectivity index (χ1) is 5.39. The molecule has 0 aliphatic carbocycles. The van der Waals surface area contributed by atoms with Gasteiger partial charge in [0.2, 0.25) is 5.91 Å². The summed E-state index contributed by atoms with van der Waals surface area (Å²) in [6, 6.07) is 0. The van der Waals surface area contributed by atoms with E-state index < -0.39 is 0 Å². The van der Waals surface area contributed by atoms with E-state index in [4.69, 9.17) is 0 Å². The van der Waals surface area contributed by atoms with Crippen molar-refractivity contribution >= 4 is 5.91 Å². The fourth-order valence-electron chi connectivity index (χ4n) is 0.455.